The predicted molar refractivity (Wildman–Crippen MR) is 67.6 cm³/mol. The second-order valence-corrected chi connectivity index (χ2v) is 5.19. The molecule has 18 heavy (non-hydrogen) atoms. The zero-order chi connectivity index (χ0) is 11.9. The van der Waals surface area contributed by atoms with Crippen LogP contribution in [0.3, 0.4) is 0 Å². The lowest BCUT2D eigenvalue weighted by Gasteiger charge is -2.05. The van der Waals surface area contributed by atoms with Gasteiger partial charge in [-0.2, -0.15) is 4.98 Å². The third-order valence-electron chi connectivity index (χ3n) is 3.79. The Balaban J connectivity index is 1.54. The number of nitrogens with one attached hydrogen (secondary N) is 1. The van der Waals surface area contributed by atoms with E-state index in [9.17, 15) is 0 Å². The molecule has 0 radical (unpaired) electrons. The summed E-state index contributed by atoms with van der Waals surface area (Å²) in [5.41, 5.74) is 2.60. The van der Waals surface area contributed by atoms with Gasteiger partial charge in [0.05, 0.1) is 0 Å². The summed E-state index contributed by atoms with van der Waals surface area (Å²) in [5.74, 6) is 2.70. The molecule has 92 valence electrons. The van der Waals surface area contributed by atoms with Crippen LogP contribution in [0.4, 0.5) is 5.69 Å². The highest BCUT2D eigenvalue weighted by Crippen LogP contribution is 2.39. The molecule has 0 saturated heterocycles. The topological polar surface area (TPSA) is 51.0 Å². The average Bonchev–Trinajstić information content (AvgIpc) is 3.02. The van der Waals surface area contributed by atoms with Crippen molar-refractivity contribution in [2.75, 3.05) is 11.9 Å². The van der Waals surface area contributed by atoms with Gasteiger partial charge in [0.15, 0.2) is 5.82 Å². The van der Waals surface area contributed by atoms with Crippen LogP contribution in [-0.2, 0) is 6.42 Å². The molecule has 1 aromatic heterocycles. The highest BCUT2D eigenvalue weighted by Gasteiger charge is 2.30. The van der Waals surface area contributed by atoms with Gasteiger partial charge >= 0.3 is 0 Å². The number of benzene rings is 1. The predicted octanol–water partition coefficient (Wildman–Crippen LogP) is 2.70. The molecular formula is C14H15N3O. The lowest BCUT2D eigenvalue weighted by molar-refractivity contribution is 0.366. The van der Waals surface area contributed by atoms with Crippen LogP contribution in [0, 0.1) is 0 Å². The van der Waals surface area contributed by atoms with Gasteiger partial charge < -0.3 is 9.84 Å². The fraction of sp³-hybridized carbons (Fsp3) is 0.429. The van der Waals surface area contributed by atoms with E-state index in [1.54, 1.807) is 0 Å². The summed E-state index contributed by atoms with van der Waals surface area (Å²) in [5, 5.41) is 7.49. The SMILES string of the molecule is c1ccc2c(c1)NCC2Cc1nc(C2CC2)no1. The third-order valence-corrected chi connectivity index (χ3v) is 3.79. The first-order chi connectivity index (χ1) is 8.90. The van der Waals surface area contributed by atoms with Crippen molar-refractivity contribution in [2.24, 2.45) is 0 Å². The second-order valence-electron chi connectivity index (χ2n) is 5.19. The van der Waals surface area contributed by atoms with Crippen LogP contribution in [0.5, 0.6) is 0 Å². The molecule has 4 nitrogen and oxygen atoms in total. The Morgan fingerprint density at radius 3 is 3.06 bits per heavy atom. The molecule has 1 aliphatic heterocycles. The van der Waals surface area contributed by atoms with E-state index in [2.05, 4.69) is 39.7 Å². The van der Waals surface area contributed by atoms with Crippen molar-refractivity contribution in [2.45, 2.75) is 31.1 Å². The lowest BCUT2D eigenvalue weighted by atomic mass is 9.98. The molecule has 0 bridgehead atoms. The van der Waals surface area contributed by atoms with Crippen LogP contribution in [0.15, 0.2) is 28.8 Å². The second kappa shape index (κ2) is 3.83. The maximum absolute atomic E-state index is 5.35. The molecule has 1 aliphatic carbocycles. The van der Waals surface area contributed by atoms with Crippen LogP contribution in [0.25, 0.3) is 0 Å². The molecule has 2 heterocycles. The Morgan fingerprint density at radius 2 is 2.17 bits per heavy atom. The van der Waals surface area contributed by atoms with Gasteiger partial charge in [-0.1, -0.05) is 23.4 Å². The Morgan fingerprint density at radius 1 is 1.28 bits per heavy atom. The van der Waals surface area contributed by atoms with Crippen molar-refractivity contribution in [1.29, 1.82) is 0 Å². The molecule has 1 saturated carbocycles. The van der Waals surface area contributed by atoms with Crippen LogP contribution < -0.4 is 5.32 Å². The molecule has 1 atom stereocenters. The summed E-state index contributed by atoms with van der Waals surface area (Å²) in [4.78, 5) is 4.50. The van der Waals surface area contributed by atoms with Gasteiger partial charge in [-0.25, -0.2) is 0 Å². The van der Waals surface area contributed by atoms with Crippen molar-refractivity contribution in [3.63, 3.8) is 0 Å². The van der Waals surface area contributed by atoms with Crippen LogP contribution in [0.1, 0.15) is 42.0 Å². The molecule has 4 heteroatoms. The smallest absolute Gasteiger partial charge is 0.227 e. The minimum Gasteiger partial charge on any atom is -0.384 e. The van der Waals surface area contributed by atoms with Gasteiger partial charge in [0.25, 0.3) is 0 Å². The average molecular weight is 241 g/mol. The normalized spacial score (nSPS) is 21.7. The van der Waals surface area contributed by atoms with E-state index in [0.29, 0.717) is 11.8 Å². The van der Waals surface area contributed by atoms with Gasteiger partial charge in [-0.3, -0.25) is 0 Å². The number of nitrogens with zero attached hydrogens (tertiary/aromatic N) is 2. The van der Waals surface area contributed by atoms with Crippen molar-refractivity contribution in [3.05, 3.63) is 41.5 Å². The Bertz CT molecular complexity index is 574. The number of rotatable bonds is 3. The molecule has 0 spiro atoms. The van der Waals surface area contributed by atoms with Crippen molar-refractivity contribution in [3.8, 4) is 0 Å². The summed E-state index contributed by atoms with van der Waals surface area (Å²) in [7, 11) is 0. The lowest BCUT2D eigenvalue weighted by Crippen LogP contribution is -2.05. The molecule has 1 aromatic carbocycles. The maximum Gasteiger partial charge on any atom is 0.227 e. The monoisotopic (exact) mass is 241 g/mol. The molecule has 2 aromatic rings. The van der Waals surface area contributed by atoms with E-state index in [-0.39, 0.29) is 0 Å². The quantitative estimate of drug-likeness (QED) is 0.897. The largest absolute Gasteiger partial charge is 0.384 e. The number of fused-ring (bicyclic) bond motifs is 1. The number of para-hydroxylation sites is 1. The van der Waals surface area contributed by atoms with Crippen molar-refractivity contribution in [1.82, 2.24) is 10.1 Å². The molecule has 1 N–H and O–H groups in total. The van der Waals surface area contributed by atoms with E-state index in [0.717, 1.165) is 24.7 Å². The summed E-state index contributed by atoms with van der Waals surface area (Å²) in [6, 6.07) is 8.45. The molecule has 0 amide bonds. The van der Waals surface area contributed by atoms with Crippen molar-refractivity contribution >= 4 is 5.69 Å². The van der Waals surface area contributed by atoms with E-state index in [1.807, 2.05) is 0 Å². The van der Waals surface area contributed by atoms with E-state index < -0.39 is 0 Å². The molecule has 1 fully saturated rings. The van der Waals surface area contributed by atoms with Gasteiger partial charge in [0.2, 0.25) is 5.89 Å². The zero-order valence-electron chi connectivity index (χ0n) is 10.1. The van der Waals surface area contributed by atoms with E-state index in [4.69, 9.17) is 4.52 Å². The molecule has 2 aliphatic rings. The molecule has 1 unspecified atom stereocenters. The maximum atomic E-state index is 5.35. The minimum absolute atomic E-state index is 0.453. The fourth-order valence-electron chi connectivity index (χ4n) is 2.61. The van der Waals surface area contributed by atoms with E-state index in [1.165, 1.54) is 24.1 Å². The summed E-state index contributed by atoms with van der Waals surface area (Å²) in [6.45, 7) is 0.959. The van der Waals surface area contributed by atoms with Crippen LogP contribution in [0.2, 0.25) is 0 Å². The van der Waals surface area contributed by atoms with Gasteiger partial charge in [-0.15, -0.1) is 0 Å². The Kier molecular flexibility index (Phi) is 2.15. The zero-order valence-corrected chi connectivity index (χ0v) is 10.1. The van der Waals surface area contributed by atoms with Crippen LogP contribution in [-0.4, -0.2) is 16.7 Å². The first kappa shape index (κ1) is 10.1. The van der Waals surface area contributed by atoms with E-state index >= 15 is 0 Å². The third kappa shape index (κ3) is 1.68. The first-order valence-electron chi connectivity index (χ1n) is 6.55. The highest BCUT2D eigenvalue weighted by molar-refractivity contribution is 5.57. The number of anilines is 1. The number of aromatic nitrogens is 2. The first-order valence-corrected chi connectivity index (χ1v) is 6.55. The van der Waals surface area contributed by atoms with Gasteiger partial charge in [0.1, 0.15) is 0 Å². The number of hydrogen-bond donors (Lipinski definition) is 1. The summed E-state index contributed by atoms with van der Waals surface area (Å²) >= 11 is 0. The van der Waals surface area contributed by atoms with Gasteiger partial charge in [-0.05, 0) is 24.5 Å². The van der Waals surface area contributed by atoms with Crippen molar-refractivity contribution < 1.29 is 4.52 Å². The Labute approximate surface area is 105 Å². The summed E-state index contributed by atoms with van der Waals surface area (Å²) < 4.78 is 5.35. The fourth-order valence-corrected chi connectivity index (χ4v) is 2.61. The minimum atomic E-state index is 0.453. The highest BCUT2D eigenvalue weighted by atomic mass is 16.5. The number of hydrogen-bond acceptors (Lipinski definition) is 4. The molecular weight excluding hydrogens is 226 g/mol. The standard InChI is InChI=1S/C14H15N3O/c1-2-4-12-11(3-1)10(8-15-12)7-13-16-14(17-18-13)9-5-6-9/h1-4,9-10,15H,5-8H2. The summed E-state index contributed by atoms with van der Waals surface area (Å²) in [6.07, 6.45) is 3.27. The van der Waals surface area contributed by atoms with Crippen LogP contribution >= 0.6 is 0 Å². The van der Waals surface area contributed by atoms with Gasteiger partial charge in [0, 0.05) is 30.5 Å². The Hall–Kier alpha value is -1.84. The molecule has 4 rings (SSSR count).